The van der Waals surface area contributed by atoms with E-state index < -0.39 is 18.2 Å². The van der Waals surface area contributed by atoms with Crippen molar-refractivity contribution in [1.82, 2.24) is 0 Å². The molecule has 0 spiro atoms. The van der Waals surface area contributed by atoms with Crippen LogP contribution in [0.1, 0.15) is 19.8 Å². The predicted molar refractivity (Wildman–Crippen MR) is 38.3 cm³/mol. The second kappa shape index (κ2) is 5.06. The van der Waals surface area contributed by atoms with Gasteiger partial charge >= 0.3 is 12.1 Å². The van der Waals surface area contributed by atoms with Gasteiger partial charge in [-0.2, -0.15) is 13.2 Å². The summed E-state index contributed by atoms with van der Waals surface area (Å²) in [6, 6.07) is 0. The lowest BCUT2D eigenvalue weighted by atomic mass is 10.3. The first-order chi connectivity index (χ1) is 5.84. The SMILES string of the molecule is CC(OCCCC(=O)O)C(F)(F)F. The first kappa shape index (κ1) is 12.2. The van der Waals surface area contributed by atoms with Crippen molar-refractivity contribution in [1.29, 1.82) is 0 Å². The molecule has 0 aromatic carbocycles. The number of carbonyl (C=O) groups is 1. The summed E-state index contributed by atoms with van der Waals surface area (Å²) >= 11 is 0. The number of carboxylic acid groups (broad SMARTS) is 1. The lowest BCUT2D eigenvalue weighted by molar-refractivity contribution is -0.214. The Kier molecular flexibility index (Phi) is 4.76. The molecule has 0 saturated carbocycles. The van der Waals surface area contributed by atoms with Gasteiger partial charge in [0.05, 0.1) is 0 Å². The van der Waals surface area contributed by atoms with Gasteiger partial charge in [-0.05, 0) is 13.3 Å². The van der Waals surface area contributed by atoms with Crippen LogP contribution < -0.4 is 0 Å². The van der Waals surface area contributed by atoms with Crippen molar-refractivity contribution in [2.45, 2.75) is 32.0 Å². The molecule has 1 unspecified atom stereocenters. The summed E-state index contributed by atoms with van der Waals surface area (Å²) in [4.78, 5) is 9.96. The van der Waals surface area contributed by atoms with E-state index in [2.05, 4.69) is 4.74 Å². The van der Waals surface area contributed by atoms with E-state index in [0.29, 0.717) is 0 Å². The highest BCUT2D eigenvalue weighted by Crippen LogP contribution is 2.22. The first-order valence-corrected chi connectivity index (χ1v) is 3.74. The molecular formula is C7H11F3O3. The Labute approximate surface area is 73.5 Å². The topological polar surface area (TPSA) is 46.5 Å². The molecule has 1 N–H and O–H groups in total. The second-order valence-corrected chi connectivity index (χ2v) is 2.55. The minimum Gasteiger partial charge on any atom is -0.481 e. The molecule has 6 heteroatoms. The van der Waals surface area contributed by atoms with Crippen molar-refractivity contribution in [2.75, 3.05) is 6.61 Å². The van der Waals surface area contributed by atoms with Gasteiger partial charge in [0.1, 0.15) is 0 Å². The molecule has 0 fully saturated rings. The first-order valence-electron chi connectivity index (χ1n) is 3.74. The third-order valence-corrected chi connectivity index (χ3v) is 1.36. The van der Waals surface area contributed by atoms with Crippen molar-refractivity contribution >= 4 is 5.97 Å². The van der Waals surface area contributed by atoms with Crippen LogP contribution in [0.5, 0.6) is 0 Å². The fourth-order valence-corrected chi connectivity index (χ4v) is 0.578. The van der Waals surface area contributed by atoms with Crippen LogP contribution in [0.2, 0.25) is 0 Å². The van der Waals surface area contributed by atoms with Crippen LogP contribution in [0.4, 0.5) is 13.2 Å². The quantitative estimate of drug-likeness (QED) is 0.688. The average Bonchev–Trinajstić information content (AvgIpc) is 1.95. The van der Waals surface area contributed by atoms with Crippen molar-refractivity contribution < 1.29 is 27.8 Å². The van der Waals surface area contributed by atoms with E-state index in [1.807, 2.05) is 0 Å². The molecule has 1 atom stereocenters. The van der Waals surface area contributed by atoms with E-state index >= 15 is 0 Å². The zero-order valence-corrected chi connectivity index (χ0v) is 7.10. The van der Waals surface area contributed by atoms with Gasteiger partial charge in [-0.3, -0.25) is 4.79 Å². The minimum atomic E-state index is -4.37. The number of aliphatic carboxylic acids is 1. The molecule has 0 saturated heterocycles. The van der Waals surface area contributed by atoms with Gasteiger partial charge in [0, 0.05) is 13.0 Å². The molecule has 0 aliphatic rings. The summed E-state index contributed by atoms with van der Waals surface area (Å²) in [7, 11) is 0. The Morgan fingerprint density at radius 3 is 2.46 bits per heavy atom. The second-order valence-electron chi connectivity index (χ2n) is 2.55. The van der Waals surface area contributed by atoms with E-state index in [4.69, 9.17) is 5.11 Å². The van der Waals surface area contributed by atoms with Gasteiger partial charge in [-0.25, -0.2) is 0 Å². The fraction of sp³-hybridized carbons (Fsp3) is 0.857. The maximum absolute atomic E-state index is 11.8. The summed E-state index contributed by atoms with van der Waals surface area (Å²) in [5, 5.41) is 8.16. The van der Waals surface area contributed by atoms with Gasteiger partial charge in [0.15, 0.2) is 6.10 Å². The third kappa shape index (κ3) is 6.39. The maximum atomic E-state index is 11.8. The predicted octanol–water partition coefficient (Wildman–Crippen LogP) is 1.82. The molecule has 0 aromatic heterocycles. The van der Waals surface area contributed by atoms with Crippen molar-refractivity contribution in [3.05, 3.63) is 0 Å². The fourth-order valence-electron chi connectivity index (χ4n) is 0.578. The molecule has 0 aliphatic carbocycles. The highest BCUT2D eigenvalue weighted by Gasteiger charge is 2.36. The van der Waals surface area contributed by atoms with Gasteiger partial charge in [0.25, 0.3) is 0 Å². The molecule has 0 aromatic rings. The molecule has 0 rings (SSSR count). The van der Waals surface area contributed by atoms with Crippen LogP contribution >= 0.6 is 0 Å². The summed E-state index contributed by atoms with van der Waals surface area (Å²) in [6.07, 6.45) is -6.29. The van der Waals surface area contributed by atoms with E-state index in [-0.39, 0.29) is 19.4 Å². The van der Waals surface area contributed by atoms with E-state index in [1.54, 1.807) is 0 Å². The Morgan fingerprint density at radius 2 is 2.08 bits per heavy atom. The minimum absolute atomic E-state index is 0.0930. The molecule has 3 nitrogen and oxygen atoms in total. The Balaban J connectivity index is 3.49. The lowest BCUT2D eigenvalue weighted by Crippen LogP contribution is -2.28. The van der Waals surface area contributed by atoms with Crippen LogP contribution in [0.25, 0.3) is 0 Å². The number of halogens is 3. The average molecular weight is 200 g/mol. The monoisotopic (exact) mass is 200 g/mol. The number of hydrogen-bond acceptors (Lipinski definition) is 2. The zero-order chi connectivity index (χ0) is 10.5. The number of ether oxygens (including phenoxy) is 1. The van der Waals surface area contributed by atoms with Gasteiger partial charge in [0.2, 0.25) is 0 Å². The number of rotatable bonds is 5. The summed E-state index contributed by atoms with van der Waals surface area (Å²) in [6.45, 7) is 0.702. The normalized spacial score (nSPS) is 14.2. The van der Waals surface area contributed by atoms with Crippen molar-refractivity contribution in [3.8, 4) is 0 Å². The van der Waals surface area contributed by atoms with Gasteiger partial charge in [-0.15, -0.1) is 0 Å². The Bertz CT molecular complexity index is 167. The van der Waals surface area contributed by atoms with E-state index in [0.717, 1.165) is 6.92 Å². The third-order valence-electron chi connectivity index (χ3n) is 1.36. The standard InChI is InChI=1S/C7H11F3O3/c1-5(7(8,9)10)13-4-2-3-6(11)12/h5H,2-4H2,1H3,(H,11,12). The van der Waals surface area contributed by atoms with Crippen molar-refractivity contribution in [3.63, 3.8) is 0 Å². The summed E-state index contributed by atoms with van der Waals surface area (Å²) in [5.41, 5.74) is 0. The highest BCUT2D eigenvalue weighted by atomic mass is 19.4. The van der Waals surface area contributed by atoms with Gasteiger partial charge < -0.3 is 9.84 Å². The largest absolute Gasteiger partial charge is 0.481 e. The van der Waals surface area contributed by atoms with Crippen LogP contribution in [-0.2, 0) is 9.53 Å². The molecule has 0 heterocycles. The molecule has 0 radical (unpaired) electrons. The Morgan fingerprint density at radius 1 is 1.54 bits per heavy atom. The number of carboxylic acids is 1. The highest BCUT2D eigenvalue weighted by molar-refractivity contribution is 5.66. The zero-order valence-electron chi connectivity index (χ0n) is 7.10. The number of alkyl halides is 3. The summed E-state index contributed by atoms with van der Waals surface area (Å²) in [5.74, 6) is -1.04. The lowest BCUT2D eigenvalue weighted by Gasteiger charge is -2.15. The molecular weight excluding hydrogens is 189 g/mol. The van der Waals surface area contributed by atoms with Crippen LogP contribution in [-0.4, -0.2) is 30.0 Å². The molecule has 0 bridgehead atoms. The van der Waals surface area contributed by atoms with E-state index in [9.17, 15) is 18.0 Å². The van der Waals surface area contributed by atoms with Crippen LogP contribution in [0.15, 0.2) is 0 Å². The smallest absolute Gasteiger partial charge is 0.414 e. The Hall–Kier alpha value is -0.780. The van der Waals surface area contributed by atoms with E-state index in [1.165, 1.54) is 0 Å². The van der Waals surface area contributed by atoms with Crippen LogP contribution in [0, 0.1) is 0 Å². The van der Waals surface area contributed by atoms with Gasteiger partial charge in [-0.1, -0.05) is 0 Å². The molecule has 0 aliphatic heterocycles. The molecule has 13 heavy (non-hydrogen) atoms. The van der Waals surface area contributed by atoms with Crippen LogP contribution in [0.3, 0.4) is 0 Å². The van der Waals surface area contributed by atoms with Crippen molar-refractivity contribution in [2.24, 2.45) is 0 Å². The summed E-state index contributed by atoms with van der Waals surface area (Å²) < 4.78 is 39.7. The number of hydrogen-bond donors (Lipinski definition) is 1. The molecule has 0 amide bonds. The maximum Gasteiger partial charge on any atom is 0.414 e. The molecule has 78 valence electrons.